The van der Waals surface area contributed by atoms with E-state index in [0.29, 0.717) is 18.7 Å². The molecule has 216 valence electrons. The van der Waals surface area contributed by atoms with Gasteiger partial charge in [0.1, 0.15) is 12.1 Å². The van der Waals surface area contributed by atoms with Gasteiger partial charge in [0.2, 0.25) is 29.4 Å². The number of hydrogen-bond donors (Lipinski definition) is 4. The van der Waals surface area contributed by atoms with Gasteiger partial charge in [0.05, 0.1) is 12.5 Å². The molecule has 0 aliphatic carbocycles. The van der Waals surface area contributed by atoms with Crippen LogP contribution in [0.15, 0.2) is 36.4 Å². The molecule has 40 heavy (non-hydrogen) atoms. The van der Waals surface area contributed by atoms with Crippen molar-refractivity contribution in [3.8, 4) is 5.75 Å². The lowest BCUT2D eigenvalue weighted by molar-refractivity contribution is -0.141. The minimum Gasteiger partial charge on any atom is -0.480 e. The predicted molar refractivity (Wildman–Crippen MR) is 136 cm³/mol. The van der Waals surface area contributed by atoms with E-state index in [1.165, 1.54) is 0 Å². The zero-order valence-electron chi connectivity index (χ0n) is 21.7. The molecular formula is C27H30F4N4O5. The van der Waals surface area contributed by atoms with Gasteiger partial charge in [-0.25, -0.2) is 8.78 Å². The molecule has 9 nitrogen and oxygen atoms in total. The van der Waals surface area contributed by atoms with Crippen molar-refractivity contribution in [2.24, 2.45) is 17.6 Å². The lowest BCUT2D eigenvalue weighted by atomic mass is 9.72. The fourth-order valence-corrected chi connectivity index (χ4v) is 4.79. The van der Waals surface area contributed by atoms with Gasteiger partial charge in [0.15, 0.2) is 23.2 Å². The molecule has 1 heterocycles. The number of rotatable bonds is 14. The Balaban J connectivity index is 1.92. The molecule has 1 saturated heterocycles. The Hall–Kier alpha value is -4.16. The maximum absolute atomic E-state index is 14.1. The normalized spacial score (nSPS) is 16.9. The van der Waals surface area contributed by atoms with Gasteiger partial charge in [-0.15, -0.1) is 0 Å². The van der Waals surface area contributed by atoms with Crippen LogP contribution in [0.3, 0.4) is 0 Å². The minimum atomic E-state index is -2.02. The second-order valence-corrected chi connectivity index (χ2v) is 9.47. The molecule has 3 amide bonds. The molecule has 0 aromatic heterocycles. The van der Waals surface area contributed by atoms with Crippen molar-refractivity contribution in [2.45, 2.75) is 38.1 Å². The highest BCUT2D eigenvalue weighted by molar-refractivity contribution is 5.98. The van der Waals surface area contributed by atoms with Crippen molar-refractivity contribution in [1.82, 2.24) is 10.6 Å². The quantitative estimate of drug-likeness (QED) is 0.205. The summed E-state index contributed by atoms with van der Waals surface area (Å²) in [5.74, 6) is -14.0. The predicted octanol–water partition coefficient (Wildman–Crippen LogP) is 2.59. The molecule has 2 aromatic rings. The van der Waals surface area contributed by atoms with Gasteiger partial charge < -0.3 is 26.4 Å². The van der Waals surface area contributed by atoms with Crippen molar-refractivity contribution in [2.75, 3.05) is 25.0 Å². The third-order valence-electron chi connectivity index (χ3n) is 6.77. The number of carbonyl (C=O) groups is 4. The number of halogens is 4. The summed E-state index contributed by atoms with van der Waals surface area (Å²) < 4.78 is 60.4. The van der Waals surface area contributed by atoms with Crippen LogP contribution < -0.4 is 26.4 Å². The van der Waals surface area contributed by atoms with E-state index >= 15 is 0 Å². The average molecular weight is 567 g/mol. The van der Waals surface area contributed by atoms with Crippen molar-refractivity contribution in [3.05, 3.63) is 59.7 Å². The van der Waals surface area contributed by atoms with E-state index in [4.69, 9.17) is 10.5 Å². The number of benzene rings is 2. The van der Waals surface area contributed by atoms with Crippen LogP contribution in [-0.2, 0) is 19.2 Å². The van der Waals surface area contributed by atoms with E-state index in [-0.39, 0.29) is 31.9 Å². The number of Topliss-reactive ketones (excluding diaryl/α,β-unsaturated/α-hetero) is 1. The first-order valence-corrected chi connectivity index (χ1v) is 12.7. The molecule has 3 atom stereocenters. The highest BCUT2D eigenvalue weighted by Gasteiger charge is 2.50. The molecule has 1 aliphatic rings. The van der Waals surface area contributed by atoms with Gasteiger partial charge in [-0.2, -0.15) is 8.78 Å². The van der Waals surface area contributed by atoms with Gasteiger partial charge in [-0.1, -0.05) is 31.5 Å². The zero-order valence-corrected chi connectivity index (χ0v) is 21.7. The van der Waals surface area contributed by atoms with Crippen LogP contribution >= 0.6 is 0 Å². The van der Waals surface area contributed by atoms with Gasteiger partial charge in [0.25, 0.3) is 0 Å². The molecule has 1 fully saturated rings. The summed E-state index contributed by atoms with van der Waals surface area (Å²) in [7, 11) is 0. The fourth-order valence-electron chi connectivity index (χ4n) is 4.79. The molecule has 1 aliphatic heterocycles. The molecule has 0 saturated carbocycles. The monoisotopic (exact) mass is 566 g/mol. The number of amides is 3. The summed E-state index contributed by atoms with van der Waals surface area (Å²) in [6.45, 7) is 0.549. The number of ketones is 1. The molecule has 2 aromatic carbocycles. The number of para-hydroxylation sites is 1. The summed E-state index contributed by atoms with van der Waals surface area (Å²) in [4.78, 5) is 51.9. The number of nitrogens with two attached hydrogens (primary N) is 1. The molecule has 3 rings (SSSR count). The van der Waals surface area contributed by atoms with E-state index in [0.717, 1.165) is 0 Å². The lowest BCUT2D eigenvalue weighted by Crippen LogP contribution is -2.65. The van der Waals surface area contributed by atoms with Crippen molar-refractivity contribution >= 4 is 29.2 Å². The first-order valence-electron chi connectivity index (χ1n) is 12.7. The number of primary amides is 1. The molecule has 5 N–H and O–H groups in total. The molecular weight excluding hydrogens is 536 g/mol. The smallest absolute Gasteiger partial charge is 0.243 e. The van der Waals surface area contributed by atoms with Crippen LogP contribution in [0, 0.1) is 35.1 Å². The van der Waals surface area contributed by atoms with Crippen molar-refractivity contribution in [3.63, 3.8) is 0 Å². The average Bonchev–Trinajstić information content (AvgIpc) is 3.33. The second kappa shape index (κ2) is 13.3. The second-order valence-electron chi connectivity index (χ2n) is 9.47. The number of anilines is 1. The maximum Gasteiger partial charge on any atom is 0.243 e. The Kier molecular flexibility index (Phi) is 10.1. The third-order valence-corrected chi connectivity index (χ3v) is 6.77. The van der Waals surface area contributed by atoms with Crippen LogP contribution in [-0.4, -0.2) is 48.7 Å². The molecule has 0 radical (unpaired) electrons. The van der Waals surface area contributed by atoms with Gasteiger partial charge in [-0.3, -0.25) is 19.2 Å². The first kappa shape index (κ1) is 30.4. The molecule has 1 unspecified atom stereocenters. The van der Waals surface area contributed by atoms with Crippen molar-refractivity contribution < 1.29 is 41.5 Å². The van der Waals surface area contributed by atoms with Crippen LogP contribution in [0.2, 0.25) is 0 Å². The largest absolute Gasteiger partial charge is 0.480 e. The number of ether oxygens (including phenoxy) is 1. The summed E-state index contributed by atoms with van der Waals surface area (Å²) in [5.41, 5.74) is 4.36. The fraction of sp³-hybridized carbons (Fsp3) is 0.407. The topological polar surface area (TPSA) is 140 Å². The Bertz CT molecular complexity index is 1240. The standard InChI is InChI=1S/C27H30F4N4O5/c1-2-9-27(26(32)39,35-21(37)13-34-16-6-4-3-5-7-16)17(11-15-8-10-33-25(15)38)20(36)14-40-24-22(30)18(28)12-19(29)23(24)31/h3-7,12,15,17,34H,2,8-11,13-14H2,1H3,(H2,32,39)(H,33,38)(H,35,37)/t15-,17-,27?/m1/s1. The number of nitrogens with one attached hydrogen (secondary N) is 3. The Morgan fingerprint density at radius 1 is 1.12 bits per heavy atom. The Labute approximate surface area is 227 Å². The van der Waals surface area contributed by atoms with Crippen LogP contribution in [0.4, 0.5) is 23.2 Å². The van der Waals surface area contributed by atoms with Crippen LogP contribution in [0.25, 0.3) is 0 Å². The Morgan fingerprint density at radius 3 is 2.33 bits per heavy atom. The van der Waals surface area contributed by atoms with E-state index in [1.54, 1.807) is 37.3 Å². The molecule has 13 heteroatoms. The summed E-state index contributed by atoms with van der Waals surface area (Å²) in [6, 6.07) is 8.65. The van der Waals surface area contributed by atoms with Crippen molar-refractivity contribution in [1.29, 1.82) is 0 Å². The van der Waals surface area contributed by atoms with E-state index in [9.17, 15) is 36.7 Å². The van der Waals surface area contributed by atoms with Gasteiger partial charge >= 0.3 is 0 Å². The van der Waals surface area contributed by atoms with E-state index in [2.05, 4.69) is 16.0 Å². The molecule has 0 bridgehead atoms. The number of hydrogen-bond acceptors (Lipinski definition) is 6. The van der Waals surface area contributed by atoms with Crippen LogP contribution in [0.5, 0.6) is 5.75 Å². The minimum absolute atomic E-state index is 0.0147. The summed E-state index contributed by atoms with van der Waals surface area (Å²) in [6.07, 6.45) is 0.189. The highest BCUT2D eigenvalue weighted by Crippen LogP contribution is 2.33. The van der Waals surface area contributed by atoms with E-state index in [1.807, 2.05) is 0 Å². The third kappa shape index (κ3) is 6.88. The molecule has 0 spiro atoms. The first-order chi connectivity index (χ1) is 19.0. The van der Waals surface area contributed by atoms with Crippen LogP contribution in [0.1, 0.15) is 32.6 Å². The lowest BCUT2D eigenvalue weighted by Gasteiger charge is -2.39. The van der Waals surface area contributed by atoms with E-state index < -0.39 is 76.5 Å². The SMILES string of the molecule is CCCC(NC(=O)CNc1ccccc1)(C(N)=O)[C@H](C[C@H]1CCNC1=O)C(=O)COc1c(F)c(F)cc(F)c1F. The maximum atomic E-state index is 14.1. The van der Waals surface area contributed by atoms with Gasteiger partial charge in [-0.05, 0) is 31.4 Å². The van der Waals surface area contributed by atoms with Gasteiger partial charge in [0, 0.05) is 24.2 Å². The number of carbonyl (C=O) groups excluding carboxylic acids is 4. The summed E-state index contributed by atoms with van der Waals surface area (Å²) in [5, 5.41) is 8.05. The Morgan fingerprint density at radius 2 is 1.77 bits per heavy atom. The highest BCUT2D eigenvalue weighted by atomic mass is 19.2. The zero-order chi connectivity index (χ0) is 29.4. The summed E-state index contributed by atoms with van der Waals surface area (Å²) >= 11 is 0.